The summed E-state index contributed by atoms with van der Waals surface area (Å²) in [5, 5.41) is 11.7. The predicted molar refractivity (Wildman–Crippen MR) is 130 cm³/mol. The largest absolute Gasteiger partial charge is 0.479 e. The topological polar surface area (TPSA) is 97.8 Å². The Labute approximate surface area is 197 Å². The number of carbonyl (C=O) groups excluding carboxylic acids is 1. The molecule has 4 rings (SSSR count). The lowest BCUT2D eigenvalue weighted by Gasteiger charge is -2.34. The number of benzene rings is 2. The number of nitrogens with zero attached hydrogens (tertiary/aromatic N) is 2. The van der Waals surface area contributed by atoms with Gasteiger partial charge in [-0.15, -0.1) is 0 Å². The van der Waals surface area contributed by atoms with E-state index in [2.05, 4.69) is 4.57 Å². The Kier molecular flexibility index (Phi) is 5.66. The second-order valence-corrected chi connectivity index (χ2v) is 9.84. The zero-order valence-electron chi connectivity index (χ0n) is 19.4. The number of anilines is 1. The van der Waals surface area contributed by atoms with E-state index >= 15 is 0 Å². The van der Waals surface area contributed by atoms with Crippen LogP contribution in [0.1, 0.15) is 43.7 Å². The Morgan fingerprint density at radius 3 is 2.33 bits per heavy atom. The summed E-state index contributed by atoms with van der Waals surface area (Å²) in [6.45, 7) is 10.3. The average Bonchev–Trinajstić information content (AvgIpc) is 3.05. The van der Waals surface area contributed by atoms with Gasteiger partial charge in [0.25, 0.3) is 0 Å². The minimum absolute atomic E-state index is 0.408. The number of halogens is 1. The van der Waals surface area contributed by atoms with E-state index in [1.54, 1.807) is 12.1 Å². The maximum absolute atomic E-state index is 12.5. The number of carbonyl (C=O) groups is 2. The second kappa shape index (κ2) is 8.08. The Balaban J connectivity index is 2.18. The van der Waals surface area contributed by atoms with E-state index in [0.717, 1.165) is 27.7 Å². The van der Waals surface area contributed by atoms with Gasteiger partial charge in [0, 0.05) is 34.8 Å². The van der Waals surface area contributed by atoms with Crippen molar-refractivity contribution >= 4 is 40.2 Å². The fourth-order valence-electron chi connectivity index (χ4n) is 4.75. The van der Waals surface area contributed by atoms with Gasteiger partial charge in [0.05, 0.1) is 16.8 Å². The third-order valence-electron chi connectivity index (χ3n) is 6.00. The van der Waals surface area contributed by atoms with Crippen molar-refractivity contribution in [1.29, 1.82) is 0 Å². The van der Waals surface area contributed by atoms with Crippen molar-refractivity contribution in [2.24, 2.45) is 5.73 Å². The summed E-state index contributed by atoms with van der Waals surface area (Å²) < 4.78 is 8.24. The van der Waals surface area contributed by atoms with Gasteiger partial charge in [-0.25, -0.2) is 9.59 Å². The van der Waals surface area contributed by atoms with Crippen LogP contribution in [0.5, 0.6) is 0 Å². The Morgan fingerprint density at radius 1 is 1.15 bits per heavy atom. The van der Waals surface area contributed by atoms with Crippen LogP contribution in [0, 0.1) is 13.8 Å². The number of primary amides is 1. The molecule has 1 aliphatic heterocycles. The molecule has 33 heavy (non-hydrogen) atoms. The summed E-state index contributed by atoms with van der Waals surface area (Å²) >= 11 is 6.15. The molecule has 3 aromatic rings. The molecule has 2 amide bonds. The molecule has 1 atom stereocenters. The minimum Gasteiger partial charge on any atom is -0.479 e. The molecule has 0 saturated heterocycles. The number of carboxylic acid groups (broad SMARTS) is 1. The molecule has 8 heteroatoms. The third-order valence-corrected chi connectivity index (χ3v) is 6.25. The molecule has 0 bridgehead atoms. The lowest BCUT2D eigenvalue weighted by atomic mass is 9.87. The molecule has 0 radical (unpaired) electrons. The van der Waals surface area contributed by atoms with E-state index in [1.165, 1.54) is 4.90 Å². The first-order valence-corrected chi connectivity index (χ1v) is 11.2. The van der Waals surface area contributed by atoms with Gasteiger partial charge in [0.15, 0.2) is 6.10 Å². The van der Waals surface area contributed by atoms with Crippen molar-refractivity contribution in [3.63, 3.8) is 0 Å². The number of aryl methyl sites for hydroxylation is 1. The van der Waals surface area contributed by atoms with Crippen LogP contribution in [0.3, 0.4) is 0 Å². The normalized spacial score (nSPS) is 14.5. The van der Waals surface area contributed by atoms with Crippen molar-refractivity contribution in [3.8, 4) is 11.1 Å². The molecule has 2 aromatic carbocycles. The smallest absolute Gasteiger partial charge is 0.337 e. The number of aliphatic carboxylic acids is 1. The molecule has 0 fully saturated rings. The monoisotopic (exact) mass is 469 g/mol. The molecule has 1 aromatic heterocycles. The van der Waals surface area contributed by atoms with E-state index in [9.17, 15) is 14.7 Å². The highest BCUT2D eigenvalue weighted by Gasteiger charge is 2.36. The van der Waals surface area contributed by atoms with Gasteiger partial charge in [-0.1, -0.05) is 23.7 Å². The quantitative estimate of drug-likeness (QED) is 0.533. The molecular weight excluding hydrogens is 442 g/mol. The maximum Gasteiger partial charge on any atom is 0.337 e. The highest BCUT2D eigenvalue weighted by atomic mass is 35.5. The van der Waals surface area contributed by atoms with E-state index in [0.29, 0.717) is 34.9 Å². The highest BCUT2D eigenvalue weighted by molar-refractivity contribution is 6.30. The van der Waals surface area contributed by atoms with Gasteiger partial charge in [0.1, 0.15) is 0 Å². The molecule has 0 spiro atoms. The number of rotatable bonds is 4. The number of ether oxygens (including phenoxy) is 1. The van der Waals surface area contributed by atoms with E-state index in [4.69, 9.17) is 22.1 Å². The van der Waals surface area contributed by atoms with Crippen molar-refractivity contribution < 1.29 is 19.4 Å². The summed E-state index contributed by atoms with van der Waals surface area (Å²) in [6, 6.07) is 8.77. The first-order chi connectivity index (χ1) is 15.4. The zero-order chi connectivity index (χ0) is 24.2. The van der Waals surface area contributed by atoms with Crippen LogP contribution in [-0.4, -0.2) is 33.8 Å². The van der Waals surface area contributed by atoms with Gasteiger partial charge in [-0.3, -0.25) is 4.90 Å². The van der Waals surface area contributed by atoms with Crippen molar-refractivity contribution in [2.75, 3.05) is 11.4 Å². The maximum atomic E-state index is 12.5. The van der Waals surface area contributed by atoms with E-state index < -0.39 is 23.7 Å². The minimum atomic E-state index is -1.25. The molecule has 1 aliphatic rings. The van der Waals surface area contributed by atoms with Gasteiger partial charge < -0.3 is 20.1 Å². The highest BCUT2D eigenvalue weighted by Crippen LogP contribution is 2.47. The molecule has 0 aliphatic carbocycles. The summed E-state index contributed by atoms with van der Waals surface area (Å²) in [7, 11) is 0. The molecule has 0 unspecified atom stereocenters. The third kappa shape index (κ3) is 3.96. The predicted octanol–water partition coefficient (Wildman–Crippen LogP) is 5.42. The fourth-order valence-corrected chi connectivity index (χ4v) is 4.88. The number of carboxylic acids is 1. The standard InChI is InChI=1S/C25H28ClN3O4/c1-13-12-17-19(15-6-8-16(26)9-7-15)18(22(23(30)31)33-25(3,4)5)14(2)20-21(17)28(13)10-11-29(20)24(27)32/h6-9,12,22H,10-11H2,1-5H3,(H2,27,32)(H,30,31)/t22-/m0/s1. The van der Waals surface area contributed by atoms with Crippen molar-refractivity contribution in [2.45, 2.75) is 52.9 Å². The van der Waals surface area contributed by atoms with E-state index in [-0.39, 0.29) is 0 Å². The first-order valence-electron chi connectivity index (χ1n) is 10.8. The van der Waals surface area contributed by atoms with Gasteiger partial charge >= 0.3 is 12.0 Å². The average molecular weight is 470 g/mol. The molecule has 174 valence electrons. The van der Waals surface area contributed by atoms with Gasteiger partial charge in [0.2, 0.25) is 0 Å². The van der Waals surface area contributed by atoms with Crippen LogP contribution in [0.15, 0.2) is 30.3 Å². The summed E-state index contributed by atoms with van der Waals surface area (Å²) in [5.74, 6) is -1.10. The number of urea groups is 1. The first kappa shape index (κ1) is 23.1. The summed E-state index contributed by atoms with van der Waals surface area (Å²) in [6.07, 6.45) is -1.25. The fraction of sp³-hybridized carbons (Fsp3) is 0.360. The number of hydrogen-bond acceptors (Lipinski definition) is 3. The van der Waals surface area contributed by atoms with Crippen LogP contribution >= 0.6 is 11.6 Å². The van der Waals surface area contributed by atoms with Gasteiger partial charge in [-0.2, -0.15) is 0 Å². The van der Waals surface area contributed by atoms with Crippen LogP contribution in [0.25, 0.3) is 22.0 Å². The van der Waals surface area contributed by atoms with E-state index in [1.807, 2.05) is 52.8 Å². The van der Waals surface area contributed by atoms with Crippen molar-refractivity contribution in [1.82, 2.24) is 4.57 Å². The zero-order valence-corrected chi connectivity index (χ0v) is 20.2. The lowest BCUT2D eigenvalue weighted by molar-refractivity contribution is -0.160. The number of amides is 2. The lowest BCUT2D eigenvalue weighted by Crippen LogP contribution is -2.41. The summed E-state index contributed by atoms with van der Waals surface area (Å²) in [5.41, 5.74) is 10.3. The molecule has 2 heterocycles. The SMILES string of the molecule is Cc1c([C@H](OC(C)(C)C)C(=O)O)c(-c2ccc(Cl)cc2)c2cc(C)n3c2c1N(C(N)=O)CC3. The molecule has 0 saturated carbocycles. The van der Waals surface area contributed by atoms with Crippen LogP contribution < -0.4 is 10.6 Å². The number of nitrogens with two attached hydrogens (primary N) is 1. The number of aromatic nitrogens is 1. The van der Waals surface area contributed by atoms with Crippen LogP contribution in [0.2, 0.25) is 5.02 Å². The Hall–Kier alpha value is -3.03. The van der Waals surface area contributed by atoms with Crippen molar-refractivity contribution in [3.05, 3.63) is 52.2 Å². The molecular formula is C25H28ClN3O4. The Morgan fingerprint density at radius 2 is 1.79 bits per heavy atom. The van der Waals surface area contributed by atoms with Crippen LogP contribution in [-0.2, 0) is 16.1 Å². The number of hydrogen-bond donors (Lipinski definition) is 2. The second-order valence-electron chi connectivity index (χ2n) is 9.41. The molecule has 3 N–H and O–H groups in total. The van der Waals surface area contributed by atoms with Crippen LogP contribution in [0.4, 0.5) is 10.5 Å². The Bertz CT molecular complexity index is 1270. The molecule has 7 nitrogen and oxygen atoms in total. The van der Waals surface area contributed by atoms with Gasteiger partial charge in [-0.05, 0) is 69.5 Å². The summed E-state index contributed by atoms with van der Waals surface area (Å²) in [4.78, 5) is 26.5.